The Labute approximate surface area is 200 Å². The monoisotopic (exact) mass is 488 g/mol. The van der Waals surface area contributed by atoms with Gasteiger partial charge < -0.3 is 10.2 Å². The second-order valence-corrected chi connectivity index (χ2v) is 11.3. The van der Waals surface area contributed by atoms with Crippen LogP contribution in [-0.2, 0) is 33.2 Å². The van der Waals surface area contributed by atoms with E-state index in [1.165, 1.54) is 25.1 Å². The van der Waals surface area contributed by atoms with Gasteiger partial charge in [0.15, 0.2) is 0 Å². The van der Waals surface area contributed by atoms with Crippen LogP contribution in [0.25, 0.3) is 0 Å². The highest BCUT2D eigenvalue weighted by molar-refractivity contribution is 7.89. The lowest BCUT2D eigenvalue weighted by atomic mass is 9.96. The lowest BCUT2D eigenvalue weighted by Crippen LogP contribution is -2.57. The summed E-state index contributed by atoms with van der Waals surface area (Å²) in [5, 5.41) is 7.27. The van der Waals surface area contributed by atoms with E-state index in [9.17, 15) is 18.0 Å². The van der Waals surface area contributed by atoms with Gasteiger partial charge in [-0.25, -0.2) is 12.7 Å². The lowest BCUT2D eigenvalue weighted by molar-refractivity contribution is -0.125. The van der Waals surface area contributed by atoms with Crippen LogP contribution in [0.4, 0.5) is 11.4 Å². The van der Waals surface area contributed by atoms with Gasteiger partial charge in [-0.2, -0.15) is 5.10 Å². The van der Waals surface area contributed by atoms with Gasteiger partial charge in [-0.15, -0.1) is 0 Å². The summed E-state index contributed by atoms with van der Waals surface area (Å²) in [6, 6.07) is 4.50. The number of carbonyl (C=O) groups is 2. The van der Waals surface area contributed by atoms with E-state index >= 15 is 0 Å². The van der Waals surface area contributed by atoms with Gasteiger partial charge in [-0.3, -0.25) is 19.2 Å². The van der Waals surface area contributed by atoms with Gasteiger partial charge in [0, 0.05) is 45.5 Å². The third kappa shape index (κ3) is 4.18. The summed E-state index contributed by atoms with van der Waals surface area (Å²) in [6.07, 6.45) is 2.61. The molecule has 2 aliphatic heterocycles. The SMILES string of the molecule is Cc1nn(C)c(C)c1CNC(=O)CN1C(=O)[C@H]2CCCCN2c2ccc(S(=O)(=O)N(C)C)cc21. The molecule has 184 valence electrons. The normalized spacial score (nSPS) is 18.2. The van der Waals surface area contributed by atoms with Gasteiger partial charge in [0.2, 0.25) is 21.8 Å². The van der Waals surface area contributed by atoms with Crippen molar-refractivity contribution in [3.8, 4) is 0 Å². The third-order valence-corrected chi connectivity index (χ3v) is 8.61. The number of sulfonamides is 1. The number of aromatic nitrogens is 2. The van der Waals surface area contributed by atoms with Crippen molar-refractivity contribution >= 4 is 33.2 Å². The number of carbonyl (C=O) groups excluding carboxylic acids is 2. The Morgan fingerprint density at radius 2 is 1.94 bits per heavy atom. The number of rotatable bonds is 6. The van der Waals surface area contributed by atoms with Crippen molar-refractivity contribution in [1.82, 2.24) is 19.4 Å². The highest BCUT2D eigenvalue weighted by Gasteiger charge is 2.40. The van der Waals surface area contributed by atoms with E-state index in [1.807, 2.05) is 25.8 Å². The molecule has 0 bridgehead atoms. The molecule has 34 heavy (non-hydrogen) atoms. The van der Waals surface area contributed by atoms with Crippen molar-refractivity contribution in [2.24, 2.45) is 7.05 Å². The van der Waals surface area contributed by atoms with Gasteiger partial charge in [-0.1, -0.05) is 0 Å². The Morgan fingerprint density at radius 1 is 1.21 bits per heavy atom. The highest BCUT2D eigenvalue weighted by Crippen LogP contribution is 2.40. The molecule has 0 spiro atoms. The Morgan fingerprint density at radius 3 is 2.59 bits per heavy atom. The van der Waals surface area contributed by atoms with E-state index in [0.717, 1.165) is 46.3 Å². The zero-order valence-electron chi connectivity index (χ0n) is 20.3. The van der Waals surface area contributed by atoms with E-state index in [-0.39, 0.29) is 29.3 Å². The van der Waals surface area contributed by atoms with Crippen molar-refractivity contribution in [1.29, 1.82) is 0 Å². The number of anilines is 2. The van der Waals surface area contributed by atoms with Crippen LogP contribution in [0.2, 0.25) is 0 Å². The van der Waals surface area contributed by atoms with Crippen molar-refractivity contribution < 1.29 is 18.0 Å². The molecule has 1 atom stereocenters. The quantitative estimate of drug-likeness (QED) is 0.657. The molecular weight excluding hydrogens is 456 g/mol. The minimum absolute atomic E-state index is 0.0894. The van der Waals surface area contributed by atoms with Crippen LogP contribution >= 0.6 is 0 Å². The van der Waals surface area contributed by atoms with Crippen LogP contribution in [0.5, 0.6) is 0 Å². The summed E-state index contributed by atoms with van der Waals surface area (Å²) >= 11 is 0. The van der Waals surface area contributed by atoms with Gasteiger partial charge >= 0.3 is 0 Å². The maximum atomic E-state index is 13.5. The summed E-state index contributed by atoms with van der Waals surface area (Å²) in [4.78, 5) is 30.0. The van der Waals surface area contributed by atoms with Gasteiger partial charge in [-0.05, 0) is 51.3 Å². The summed E-state index contributed by atoms with van der Waals surface area (Å²) in [6.45, 7) is 4.69. The first-order valence-corrected chi connectivity index (χ1v) is 12.9. The average Bonchev–Trinajstić information content (AvgIpc) is 3.05. The molecule has 1 aromatic carbocycles. The first-order chi connectivity index (χ1) is 16.0. The Kier molecular flexibility index (Phi) is 6.43. The molecular formula is C23H32N6O4S. The van der Waals surface area contributed by atoms with Gasteiger partial charge in [0.1, 0.15) is 12.6 Å². The second-order valence-electron chi connectivity index (χ2n) is 9.12. The molecule has 0 unspecified atom stereocenters. The molecule has 3 heterocycles. The molecule has 0 saturated carbocycles. The van der Waals surface area contributed by atoms with Crippen LogP contribution in [0, 0.1) is 13.8 Å². The van der Waals surface area contributed by atoms with Crippen molar-refractivity contribution in [2.75, 3.05) is 37.0 Å². The zero-order chi connectivity index (χ0) is 24.8. The Bertz CT molecular complexity index is 1240. The summed E-state index contributed by atoms with van der Waals surface area (Å²) in [5.74, 6) is -0.484. The molecule has 2 amide bonds. The largest absolute Gasteiger partial charge is 0.358 e. The summed E-state index contributed by atoms with van der Waals surface area (Å²) in [5.41, 5.74) is 3.99. The molecule has 0 aliphatic carbocycles. The van der Waals surface area contributed by atoms with Gasteiger partial charge in [0.25, 0.3) is 0 Å². The van der Waals surface area contributed by atoms with E-state index in [2.05, 4.69) is 10.4 Å². The molecule has 1 saturated heterocycles. The first-order valence-electron chi connectivity index (χ1n) is 11.4. The summed E-state index contributed by atoms with van der Waals surface area (Å²) in [7, 11) is 1.09. The Hall–Kier alpha value is -2.92. The number of nitrogens with zero attached hydrogens (tertiary/aromatic N) is 5. The number of hydrogen-bond acceptors (Lipinski definition) is 6. The van der Waals surface area contributed by atoms with E-state index in [0.29, 0.717) is 18.7 Å². The molecule has 11 heteroatoms. The fourth-order valence-corrected chi connectivity index (χ4v) is 5.65. The van der Waals surface area contributed by atoms with E-state index in [4.69, 9.17) is 0 Å². The minimum Gasteiger partial charge on any atom is -0.358 e. The summed E-state index contributed by atoms with van der Waals surface area (Å²) < 4.78 is 28.4. The lowest BCUT2D eigenvalue weighted by Gasteiger charge is -2.45. The highest BCUT2D eigenvalue weighted by atomic mass is 32.2. The van der Waals surface area contributed by atoms with Crippen molar-refractivity contribution in [3.05, 3.63) is 35.2 Å². The number of benzene rings is 1. The van der Waals surface area contributed by atoms with Gasteiger partial charge in [0.05, 0.1) is 22.0 Å². The number of aryl methyl sites for hydroxylation is 2. The van der Waals surface area contributed by atoms with E-state index < -0.39 is 10.0 Å². The number of hydrogen-bond donors (Lipinski definition) is 1. The molecule has 4 rings (SSSR count). The number of amides is 2. The second kappa shape index (κ2) is 9.03. The van der Waals surface area contributed by atoms with Crippen LogP contribution in [0.1, 0.15) is 36.2 Å². The molecule has 1 aromatic heterocycles. The third-order valence-electron chi connectivity index (χ3n) is 6.80. The predicted molar refractivity (Wildman–Crippen MR) is 129 cm³/mol. The van der Waals surface area contributed by atoms with Crippen LogP contribution in [0.15, 0.2) is 23.1 Å². The minimum atomic E-state index is -3.70. The smallest absolute Gasteiger partial charge is 0.250 e. The van der Waals surface area contributed by atoms with Crippen molar-refractivity contribution in [2.45, 2.75) is 50.6 Å². The van der Waals surface area contributed by atoms with Crippen molar-refractivity contribution in [3.63, 3.8) is 0 Å². The molecule has 1 fully saturated rings. The topological polar surface area (TPSA) is 108 Å². The van der Waals surface area contributed by atoms with Crippen LogP contribution < -0.4 is 15.1 Å². The fraction of sp³-hybridized carbons (Fsp3) is 0.522. The number of nitrogens with one attached hydrogen (secondary N) is 1. The molecule has 10 nitrogen and oxygen atoms in total. The van der Waals surface area contributed by atoms with Crippen LogP contribution in [0.3, 0.4) is 0 Å². The molecule has 0 radical (unpaired) electrons. The molecule has 1 N–H and O–H groups in total. The molecule has 2 aliphatic rings. The number of piperidine rings is 1. The average molecular weight is 489 g/mol. The molecule has 2 aromatic rings. The van der Waals surface area contributed by atoms with E-state index in [1.54, 1.807) is 16.8 Å². The fourth-order valence-electron chi connectivity index (χ4n) is 4.73. The number of fused-ring (bicyclic) bond motifs is 3. The predicted octanol–water partition coefficient (Wildman–Crippen LogP) is 1.31. The Balaban J connectivity index is 1.64. The standard InChI is InChI=1S/C23H32N6O4S/c1-15-18(16(2)27(5)25-15)13-24-22(30)14-29-21-12-17(34(32,33)26(3)4)9-10-19(21)28-11-7-6-8-20(28)23(29)31/h9-10,12,20H,6-8,11,13-14H2,1-5H3,(H,24,30)/t20-/m1/s1. The zero-order valence-corrected chi connectivity index (χ0v) is 21.1. The first kappa shape index (κ1) is 24.2. The maximum absolute atomic E-state index is 13.5. The van der Waals surface area contributed by atoms with Crippen LogP contribution in [-0.4, -0.2) is 67.5 Å². The maximum Gasteiger partial charge on any atom is 0.250 e.